The van der Waals surface area contributed by atoms with Crippen LogP contribution in [0.15, 0.2) is 54.6 Å². The van der Waals surface area contributed by atoms with E-state index in [1.165, 1.54) is 5.69 Å². The van der Waals surface area contributed by atoms with E-state index >= 15 is 0 Å². The van der Waals surface area contributed by atoms with Gasteiger partial charge in [-0.3, -0.25) is 0 Å². The number of nitrogens with one attached hydrogen (secondary N) is 2. The van der Waals surface area contributed by atoms with Crippen molar-refractivity contribution in [2.75, 3.05) is 91.5 Å². The first-order chi connectivity index (χ1) is 21.5. The number of benzene rings is 2. The van der Waals surface area contributed by atoms with Gasteiger partial charge in [0, 0.05) is 61.4 Å². The van der Waals surface area contributed by atoms with Gasteiger partial charge >= 0.3 is 6.03 Å². The van der Waals surface area contributed by atoms with E-state index in [1.807, 2.05) is 36.4 Å². The maximum absolute atomic E-state index is 12.8. The topological polar surface area (TPSA) is 98.3 Å². The van der Waals surface area contributed by atoms with Gasteiger partial charge in [0.1, 0.15) is 11.6 Å². The molecule has 0 spiro atoms. The van der Waals surface area contributed by atoms with Crippen LogP contribution < -0.4 is 25.3 Å². The van der Waals surface area contributed by atoms with Gasteiger partial charge in [-0.25, -0.2) is 14.8 Å². The molecule has 2 unspecified atom stereocenters. The average molecular weight is 599 g/mol. The SMILES string of the molecule is C[C@@H]1COCCN1c1cc(N2C3CCC2COC3)nc(-c2ccc(NC(=O)Nc3ccc(N4CCN(C)CC4)cc3)cc2)n1. The van der Waals surface area contributed by atoms with Crippen LogP contribution in [0.25, 0.3) is 11.4 Å². The van der Waals surface area contributed by atoms with E-state index in [-0.39, 0.29) is 12.1 Å². The van der Waals surface area contributed by atoms with Crippen LogP contribution in [-0.2, 0) is 9.47 Å². The van der Waals surface area contributed by atoms with E-state index in [1.54, 1.807) is 0 Å². The second kappa shape index (κ2) is 12.6. The summed E-state index contributed by atoms with van der Waals surface area (Å²) < 4.78 is 11.5. The smallest absolute Gasteiger partial charge is 0.323 e. The minimum atomic E-state index is -0.283. The predicted molar refractivity (Wildman–Crippen MR) is 174 cm³/mol. The minimum Gasteiger partial charge on any atom is -0.377 e. The zero-order valence-corrected chi connectivity index (χ0v) is 25.6. The third-order valence-electron chi connectivity index (χ3n) is 9.26. The van der Waals surface area contributed by atoms with Gasteiger partial charge < -0.3 is 39.7 Å². The highest BCUT2D eigenvalue weighted by Gasteiger charge is 2.39. The van der Waals surface area contributed by atoms with Crippen LogP contribution in [-0.4, -0.2) is 105 Å². The van der Waals surface area contributed by atoms with Gasteiger partial charge in [-0.05, 0) is 75.3 Å². The lowest BCUT2D eigenvalue weighted by Crippen LogP contribution is -2.47. The van der Waals surface area contributed by atoms with Crippen molar-refractivity contribution in [1.82, 2.24) is 14.9 Å². The third-order valence-corrected chi connectivity index (χ3v) is 9.26. The second-order valence-electron chi connectivity index (χ2n) is 12.3. The molecule has 1 aromatic heterocycles. The summed E-state index contributed by atoms with van der Waals surface area (Å²) in [5, 5.41) is 5.90. The van der Waals surface area contributed by atoms with Gasteiger partial charge in [0.2, 0.25) is 0 Å². The van der Waals surface area contributed by atoms with Gasteiger partial charge in [0.05, 0.1) is 44.6 Å². The summed E-state index contributed by atoms with van der Waals surface area (Å²) in [6.45, 7) is 9.95. The number of carbonyl (C=O) groups is 1. The molecule has 7 rings (SSSR count). The van der Waals surface area contributed by atoms with Crippen LogP contribution in [0.2, 0.25) is 0 Å². The number of anilines is 5. The van der Waals surface area contributed by atoms with Crippen molar-refractivity contribution in [1.29, 1.82) is 0 Å². The van der Waals surface area contributed by atoms with Gasteiger partial charge in [-0.15, -0.1) is 0 Å². The number of carbonyl (C=O) groups excluding carboxylic acids is 1. The normalized spacial score (nSPS) is 24.0. The van der Waals surface area contributed by atoms with E-state index in [9.17, 15) is 4.79 Å². The summed E-state index contributed by atoms with van der Waals surface area (Å²) in [4.78, 5) is 32.4. The number of rotatable bonds is 6. The molecule has 0 aliphatic carbocycles. The Morgan fingerprint density at radius 3 is 2.09 bits per heavy atom. The molecule has 4 aliphatic rings. The molecule has 2 N–H and O–H groups in total. The standard InChI is InChI=1S/C33H42N8O3/c1-23-20-43-18-17-40(23)30-19-31(41-28-11-12-29(41)22-44-21-28)37-32(36-30)24-3-5-25(6-4-24)34-33(42)35-26-7-9-27(10-8-26)39-15-13-38(2)14-16-39/h3-10,19,23,28-29H,11-18,20-22H2,1-2H3,(H2,34,35,42)/t23-,28?,29?/m1/s1. The second-order valence-corrected chi connectivity index (χ2v) is 12.3. The van der Waals surface area contributed by atoms with Crippen LogP contribution >= 0.6 is 0 Å². The number of hydrogen-bond donors (Lipinski definition) is 2. The first kappa shape index (κ1) is 28.8. The van der Waals surface area contributed by atoms with Crippen molar-refractivity contribution >= 4 is 34.7 Å². The largest absolute Gasteiger partial charge is 0.377 e. The fourth-order valence-electron chi connectivity index (χ4n) is 6.72. The number of fused-ring (bicyclic) bond motifs is 2. The average Bonchev–Trinajstić information content (AvgIpc) is 3.30. The first-order valence-corrected chi connectivity index (χ1v) is 15.8. The number of morpholine rings is 2. The summed E-state index contributed by atoms with van der Waals surface area (Å²) in [7, 11) is 2.15. The summed E-state index contributed by atoms with van der Waals surface area (Å²) in [5.74, 6) is 2.56. The van der Waals surface area contributed by atoms with Crippen LogP contribution in [0.4, 0.5) is 33.5 Å². The molecule has 4 saturated heterocycles. The van der Waals surface area contributed by atoms with Gasteiger partial charge in [0.15, 0.2) is 5.82 Å². The number of piperazine rings is 1. The number of aromatic nitrogens is 2. The van der Waals surface area contributed by atoms with Crippen LogP contribution in [0.5, 0.6) is 0 Å². The Labute approximate surface area is 259 Å². The summed E-state index contributed by atoms with van der Waals surface area (Å²) in [6, 6.07) is 18.6. The van der Waals surface area contributed by atoms with Crippen LogP contribution in [0, 0.1) is 0 Å². The molecule has 2 bridgehead atoms. The van der Waals surface area contributed by atoms with E-state index in [0.29, 0.717) is 36.8 Å². The number of hydrogen-bond acceptors (Lipinski definition) is 9. The Hall–Kier alpha value is -3.93. The fourth-order valence-corrected chi connectivity index (χ4v) is 6.72. The summed E-state index contributed by atoms with van der Waals surface area (Å²) >= 11 is 0. The third kappa shape index (κ3) is 6.17. The fraction of sp³-hybridized carbons (Fsp3) is 0.485. The van der Waals surface area contributed by atoms with E-state index < -0.39 is 0 Å². The maximum Gasteiger partial charge on any atom is 0.323 e. The molecule has 11 nitrogen and oxygen atoms in total. The summed E-state index contributed by atoms with van der Waals surface area (Å²) in [6.07, 6.45) is 2.24. The van der Waals surface area contributed by atoms with Gasteiger partial charge in [0.25, 0.3) is 0 Å². The molecule has 3 atom stereocenters. The van der Waals surface area contributed by atoms with Crippen molar-refractivity contribution in [3.8, 4) is 11.4 Å². The van der Waals surface area contributed by atoms with Crippen LogP contribution in [0.3, 0.4) is 0 Å². The number of ether oxygens (including phenoxy) is 2. The lowest BCUT2D eigenvalue weighted by atomic mass is 10.1. The number of urea groups is 1. The lowest BCUT2D eigenvalue weighted by molar-refractivity contribution is 0.0901. The molecule has 2 amide bonds. The van der Waals surface area contributed by atoms with Gasteiger partial charge in [-0.1, -0.05) is 0 Å². The Kier molecular flexibility index (Phi) is 8.24. The Morgan fingerprint density at radius 1 is 0.795 bits per heavy atom. The summed E-state index contributed by atoms with van der Waals surface area (Å²) in [5.41, 5.74) is 3.53. The van der Waals surface area contributed by atoms with Gasteiger partial charge in [-0.2, -0.15) is 0 Å². The highest BCUT2D eigenvalue weighted by Crippen LogP contribution is 2.36. The minimum absolute atomic E-state index is 0.230. The zero-order chi connectivity index (χ0) is 30.0. The predicted octanol–water partition coefficient (Wildman–Crippen LogP) is 4.13. The van der Waals surface area contributed by atoms with Crippen molar-refractivity contribution < 1.29 is 14.3 Å². The van der Waals surface area contributed by atoms with E-state index in [4.69, 9.17) is 19.4 Å². The molecule has 0 saturated carbocycles. The number of likely N-dealkylation sites (N-methyl/N-ethyl adjacent to an activating group) is 1. The molecule has 232 valence electrons. The van der Waals surface area contributed by atoms with Crippen LogP contribution in [0.1, 0.15) is 19.8 Å². The van der Waals surface area contributed by atoms with Crippen molar-refractivity contribution in [3.05, 3.63) is 54.6 Å². The molecular formula is C33H42N8O3. The monoisotopic (exact) mass is 598 g/mol. The molecule has 3 aromatic rings. The molecule has 44 heavy (non-hydrogen) atoms. The highest BCUT2D eigenvalue weighted by atomic mass is 16.5. The number of amides is 2. The Balaban J connectivity index is 1.05. The molecular weight excluding hydrogens is 556 g/mol. The highest BCUT2D eigenvalue weighted by molar-refractivity contribution is 6.00. The Bertz CT molecular complexity index is 1430. The van der Waals surface area contributed by atoms with Crippen molar-refractivity contribution in [2.45, 2.75) is 37.9 Å². The molecule has 11 heteroatoms. The number of nitrogens with zero attached hydrogens (tertiary/aromatic N) is 6. The zero-order valence-electron chi connectivity index (χ0n) is 25.6. The quantitative estimate of drug-likeness (QED) is 0.434. The first-order valence-electron chi connectivity index (χ1n) is 15.8. The molecule has 4 aliphatic heterocycles. The molecule has 4 fully saturated rings. The van der Waals surface area contributed by atoms with Crippen molar-refractivity contribution in [3.63, 3.8) is 0 Å². The lowest BCUT2D eigenvalue weighted by Gasteiger charge is -2.38. The maximum atomic E-state index is 12.8. The molecule has 2 aromatic carbocycles. The van der Waals surface area contributed by atoms with E-state index in [0.717, 1.165) is 81.7 Å². The Morgan fingerprint density at radius 2 is 1.43 bits per heavy atom. The van der Waals surface area contributed by atoms with E-state index in [2.05, 4.69) is 62.4 Å². The molecule has 0 radical (unpaired) electrons. The van der Waals surface area contributed by atoms with Crippen molar-refractivity contribution in [2.24, 2.45) is 0 Å². The molecule has 5 heterocycles.